The highest BCUT2D eigenvalue weighted by molar-refractivity contribution is 5.33. The van der Waals surface area contributed by atoms with Gasteiger partial charge in [-0.15, -0.1) is 0 Å². The minimum atomic E-state index is -1.28. The highest BCUT2D eigenvalue weighted by Gasteiger charge is 2.72. The second-order valence-electron chi connectivity index (χ2n) is 10.2. The number of hydrogen-bond acceptors (Lipinski definition) is 6. The predicted molar refractivity (Wildman–Crippen MR) is 108 cm³/mol. The highest BCUT2D eigenvalue weighted by atomic mass is 16.5. The van der Waals surface area contributed by atoms with Crippen molar-refractivity contribution in [3.63, 3.8) is 0 Å². The topological polar surface area (TPSA) is 71.4 Å². The zero-order valence-corrected chi connectivity index (χ0v) is 18.0. The standard InChI is InChI=1S/C23H37NO5/c1-24-11-21(13-27-2)7-6-17(29-4)23(12-24)15-10-22(26)8-5-14(18(15)20(22)25)9-16(28-3)19(21)23/h9,15-20,25-26H,5-8,10-13H2,1-4H3/t15-,16+,17+,18-,19-,20-,21+,22-,23-/m1/s1/i5D,12D/t5?,12?,15-,16+,17+,18-,19-,20-,21+,22-,23-. The molecule has 0 radical (unpaired) electrons. The molecule has 2 N–H and O–H groups in total. The molecule has 0 amide bonds. The second-order valence-corrected chi connectivity index (χ2v) is 10.2. The smallest absolute Gasteiger partial charge is 0.0917 e. The fourth-order valence-electron chi connectivity index (χ4n) is 8.22. The molecule has 1 heterocycles. The van der Waals surface area contributed by atoms with Gasteiger partial charge < -0.3 is 29.3 Å². The molecule has 29 heavy (non-hydrogen) atoms. The molecule has 0 spiro atoms. The van der Waals surface area contributed by atoms with Gasteiger partial charge in [-0.05, 0) is 45.0 Å². The molecule has 5 aliphatic rings. The summed E-state index contributed by atoms with van der Waals surface area (Å²) in [5.74, 6) is -0.572. The Kier molecular flexibility index (Phi) is 4.21. The lowest BCUT2D eigenvalue weighted by atomic mass is 9.45. The van der Waals surface area contributed by atoms with Crippen LogP contribution in [-0.4, -0.2) is 87.1 Å². The fourth-order valence-corrected chi connectivity index (χ4v) is 8.22. The van der Waals surface area contributed by atoms with Gasteiger partial charge in [0.05, 0.1) is 30.5 Å². The minimum absolute atomic E-state index is 0.0628. The normalized spacial score (nSPS) is 60.0. The van der Waals surface area contributed by atoms with E-state index in [0.717, 1.165) is 25.0 Å². The van der Waals surface area contributed by atoms with Crippen LogP contribution in [0.15, 0.2) is 11.6 Å². The number of likely N-dealkylation sites (tertiary alicyclic amines) is 1. The first-order chi connectivity index (χ1) is 14.7. The van der Waals surface area contributed by atoms with E-state index >= 15 is 0 Å². The van der Waals surface area contributed by atoms with Gasteiger partial charge in [-0.25, -0.2) is 0 Å². The molecule has 0 aromatic carbocycles. The molecule has 164 valence electrons. The molecule has 4 fully saturated rings. The van der Waals surface area contributed by atoms with Crippen molar-refractivity contribution in [1.29, 1.82) is 0 Å². The predicted octanol–water partition coefficient (Wildman–Crippen LogP) is 1.45. The number of nitrogens with zero attached hydrogens (tertiary/aromatic N) is 1. The molecule has 0 aromatic heterocycles. The van der Waals surface area contributed by atoms with Gasteiger partial charge in [0.25, 0.3) is 0 Å². The first-order valence-corrected chi connectivity index (χ1v) is 10.9. The summed E-state index contributed by atoms with van der Waals surface area (Å²) in [4.78, 5) is 2.11. The van der Waals surface area contributed by atoms with Crippen LogP contribution in [0.3, 0.4) is 0 Å². The molecular formula is C23H37NO5. The van der Waals surface area contributed by atoms with Gasteiger partial charge in [0, 0.05) is 59.8 Å². The first-order valence-electron chi connectivity index (χ1n) is 12.1. The van der Waals surface area contributed by atoms with E-state index in [-0.39, 0.29) is 41.8 Å². The van der Waals surface area contributed by atoms with Gasteiger partial charge >= 0.3 is 0 Å². The molecule has 1 saturated heterocycles. The van der Waals surface area contributed by atoms with Crippen LogP contribution in [-0.2, 0) is 14.2 Å². The van der Waals surface area contributed by atoms with Crippen molar-refractivity contribution in [1.82, 2.24) is 4.90 Å². The number of methoxy groups -OCH3 is 3. The van der Waals surface area contributed by atoms with E-state index in [2.05, 4.69) is 11.0 Å². The Balaban J connectivity index is 1.80. The van der Waals surface area contributed by atoms with Gasteiger partial charge in [0.15, 0.2) is 0 Å². The monoisotopic (exact) mass is 409 g/mol. The summed E-state index contributed by atoms with van der Waals surface area (Å²) in [7, 11) is 7.16. The first kappa shape index (κ1) is 18.1. The Morgan fingerprint density at radius 2 is 2.07 bits per heavy atom. The fraction of sp³-hybridized carbons (Fsp3) is 0.913. The maximum Gasteiger partial charge on any atom is 0.0917 e. The van der Waals surface area contributed by atoms with E-state index in [1.54, 1.807) is 21.3 Å². The van der Waals surface area contributed by atoms with Crippen LogP contribution in [0.5, 0.6) is 0 Å². The Morgan fingerprint density at radius 1 is 1.28 bits per heavy atom. The number of ether oxygens (including phenoxy) is 3. The lowest BCUT2D eigenvalue weighted by Gasteiger charge is -2.66. The van der Waals surface area contributed by atoms with Crippen LogP contribution in [0.25, 0.3) is 0 Å². The number of aliphatic hydroxyl groups is 2. The van der Waals surface area contributed by atoms with Crippen LogP contribution in [0.1, 0.15) is 34.8 Å². The average molecular weight is 410 g/mol. The van der Waals surface area contributed by atoms with Gasteiger partial charge in [-0.1, -0.05) is 11.6 Å². The summed E-state index contributed by atoms with van der Waals surface area (Å²) in [6.45, 7) is 0.724. The van der Waals surface area contributed by atoms with Gasteiger partial charge in [0.2, 0.25) is 0 Å². The van der Waals surface area contributed by atoms with E-state index in [0.29, 0.717) is 13.0 Å². The van der Waals surface area contributed by atoms with Crippen molar-refractivity contribution in [2.75, 3.05) is 48.0 Å². The quantitative estimate of drug-likeness (QED) is 0.685. The third-order valence-corrected chi connectivity index (χ3v) is 8.96. The molecule has 3 saturated carbocycles. The summed E-state index contributed by atoms with van der Waals surface area (Å²) in [6, 6.07) is 0. The summed E-state index contributed by atoms with van der Waals surface area (Å²) in [5.41, 5.74) is -1.29. The number of fused-ring (bicyclic) bond motifs is 1. The molecule has 6 heteroatoms. The van der Waals surface area contributed by atoms with Crippen molar-refractivity contribution in [2.24, 2.45) is 28.6 Å². The number of hydrogen-bond donors (Lipinski definition) is 2. The zero-order chi connectivity index (χ0) is 22.3. The van der Waals surface area contributed by atoms with Crippen molar-refractivity contribution in [3.8, 4) is 0 Å². The van der Waals surface area contributed by atoms with Crippen molar-refractivity contribution >= 4 is 0 Å². The highest BCUT2D eigenvalue weighted by Crippen LogP contribution is 2.69. The number of aliphatic hydroxyl groups excluding tert-OH is 1. The van der Waals surface area contributed by atoms with Crippen LogP contribution in [0, 0.1) is 28.6 Å². The molecule has 4 bridgehead atoms. The Labute approximate surface area is 177 Å². The molecule has 6 nitrogen and oxygen atoms in total. The summed E-state index contributed by atoms with van der Waals surface area (Å²) >= 11 is 0. The van der Waals surface area contributed by atoms with E-state index in [1.165, 1.54) is 0 Å². The Hall–Kier alpha value is -0.500. The lowest BCUT2D eigenvalue weighted by Crippen LogP contribution is -2.71. The summed E-state index contributed by atoms with van der Waals surface area (Å²) in [5, 5.41) is 22.7. The average Bonchev–Trinajstić information content (AvgIpc) is 2.85. The van der Waals surface area contributed by atoms with Crippen molar-refractivity contribution in [2.45, 2.75) is 56.0 Å². The van der Waals surface area contributed by atoms with Crippen molar-refractivity contribution in [3.05, 3.63) is 11.6 Å². The summed E-state index contributed by atoms with van der Waals surface area (Å²) in [6.07, 6.45) is 2.42. The van der Waals surface area contributed by atoms with E-state index in [9.17, 15) is 11.6 Å². The van der Waals surface area contributed by atoms with Crippen LogP contribution in [0.2, 0.25) is 0 Å². The lowest BCUT2D eigenvalue weighted by molar-refractivity contribution is -0.242. The Morgan fingerprint density at radius 3 is 2.76 bits per heavy atom. The largest absolute Gasteiger partial charge is 0.389 e. The van der Waals surface area contributed by atoms with E-state index < -0.39 is 30.0 Å². The molecule has 0 aromatic rings. The van der Waals surface area contributed by atoms with Gasteiger partial charge in [-0.3, -0.25) is 0 Å². The molecule has 5 rings (SSSR count). The van der Waals surface area contributed by atoms with Crippen LogP contribution < -0.4 is 0 Å². The van der Waals surface area contributed by atoms with Gasteiger partial charge in [-0.2, -0.15) is 0 Å². The SMILES string of the molecule is [2H]C1C[C@@]2(O)C[C@@H]3[C@@H](C1=C[C@H](OC)[C@@H]1[C@@]4(COC)CC[C@H](OC)[C@@]31C([2H])N(C)C4)[C@H]2O. The number of rotatable bonds is 4. The minimum Gasteiger partial charge on any atom is -0.389 e. The van der Waals surface area contributed by atoms with Crippen LogP contribution in [0.4, 0.5) is 0 Å². The maximum atomic E-state index is 11.4. The third-order valence-electron chi connectivity index (χ3n) is 8.96. The van der Waals surface area contributed by atoms with Crippen LogP contribution >= 0.6 is 0 Å². The van der Waals surface area contributed by atoms with E-state index in [4.69, 9.17) is 15.6 Å². The molecule has 2 unspecified atom stereocenters. The van der Waals surface area contributed by atoms with E-state index in [1.807, 2.05) is 7.05 Å². The summed E-state index contributed by atoms with van der Waals surface area (Å²) < 4.78 is 36.3. The molecule has 11 atom stereocenters. The third kappa shape index (κ3) is 2.50. The number of piperidine rings is 1. The molecule has 1 aliphatic heterocycles. The Bertz CT molecular complexity index is 764. The molecular weight excluding hydrogens is 370 g/mol. The maximum absolute atomic E-state index is 11.4. The van der Waals surface area contributed by atoms with Crippen molar-refractivity contribution < 1.29 is 27.2 Å². The second kappa shape index (κ2) is 6.75. The molecule has 4 aliphatic carbocycles. The van der Waals surface area contributed by atoms with Gasteiger partial charge in [0.1, 0.15) is 0 Å². The zero-order valence-electron chi connectivity index (χ0n) is 20.0.